The van der Waals surface area contributed by atoms with Gasteiger partial charge in [-0.1, -0.05) is 31.2 Å². The number of aryl methyl sites for hydroxylation is 1. The molecule has 0 spiro atoms. The molecule has 3 heteroatoms. The molecule has 0 unspecified atom stereocenters. The van der Waals surface area contributed by atoms with Crippen LogP contribution in [0.2, 0.25) is 0 Å². The fraction of sp³-hybridized carbons (Fsp3) is 0.500. The molecule has 3 nitrogen and oxygen atoms in total. The molecule has 0 bridgehead atoms. The Kier molecular flexibility index (Phi) is 5.32. The predicted octanol–water partition coefficient (Wildman–Crippen LogP) is 1.14. The molecule has 15 heavy (non-hydrogen) atoms. The van der Waals surface area contributed by atoms with Gasteiger partial charge < -0.3 is 0 Å². The van der Waals surface area contributed by atoms with Crippen LogP contribution in [-0.4, -0.2) is 25.2 Å². The van der Waals surface area contributed by atoms with E-state index in [2.05, 4.69) is 48.6 Å². The number of nitrogens with zero attached hydrogens (tertiary/aromatic N) is 1. The smallest absolute Gasteiger partial charge is 0.0610 e. The normalized spacial score (nSPS) is 10.9. The van der Waals surface area contributed by atoms with Crippen LogP contribution in [0.4, 0.5) is 0 Å². The number of hydrogen-bond donors (Lipinski definition) is 2. The molecule has 0 aromatic heterocycles. The highest BCUT2D eigenvalue weighted by Crippen LogP contribution is 2.05. The molecule has 1 aromatic rings. The zero-order valence-corrected chi connectivity index (χ0v) is 9.66. The second-order valence-electron chi connectivity index (χ2n) is 3.86. The quantitative estimate of drug-likeness (QED) is 0.417. The standard InChI is InChI=1S/C12H21N3/c1-3-11-4-6-12(7-5-11)8-9-15(2)10-14-13/h4-7,14H,3,8-10,13H2,1-2H3. The monoisotopic (exact) mass is 207 g/mol. The van der Waals surface area contributed by atoms with Gasteiger partial charge in [0.1, 0.15) is 0 Å². The number of hydrazine groups is 1. The Hall–Kier alpha value is -0.900. The van der Waals surface area contributed by atoms with Crippen molar-refractivity contribution in [3.63, 3.8) is 0 Å². The molecule has 0 atom stereocenters. The van der Waals surface area contributed by atoms with E-state index in [1.165, 1.54) is 11.1 Å². The average molecular weight is 207 g/mol. The van der Waals surface area contributed by atoms with Crippen molar-refractivity contribution in [2.75, 3.05) is 20.3 Å². The highest BCUT2D eigenvalue weighted by molar-refractivity contribution is 5.22. The molecule has 0 amide bonds. The van der Waals surface area contributed by atoms with Crippen molar-refractivity contribution in [2.24, 2.45) is 5.84 Å². The molecule has 0 radical (unpaired) electrons. The van der Waals surface area contributed by atoms with Gasteiger partial charge in [0.25, 0.3) is 0 Å². The first-order valence-electron chi connectivity index (χ1n) is 5.46. The Labute approximate surface area is 92.2 Å². The zero-order chi connectivity index (χ0) is 11.1. The summed E-state index contributed by atoms with van der Waals surface area (Å²) in [6.07, 6.45) is 2.18. The SMILES string of the molecule is CCc1ccc(CCN(C)CNN)cc1. The van der Waals surface area contributed by atoms with E-state index in [0.717, 1.165) is 26.1 Å². The number of nitrogens with one attached hydrogen (secondary N) is 1. The van der Waals surface area contributed by atoms with Gasteiger partial charge in [0.2, 0.25) is 0 Å². The topological polar surface area (TPSA) is 41.3 Å². The molecule has 1 aromatic carbocycles. The van der Waals surface area contributed by atoms with E-state index in [0.29, 0.717) is 0 Å². The van der Waals surface area contributed by atoms with E-state index in [4.69, 9.17) is 5.84 Å². The second kappa shape index (κ2) is 6.56. The minimum atomic E-state index is 0.729. The number of rotatable bonds is 6. The summed E-state index contributed by atoms with van der Waals surface area (Å²) in [4.78, 5) is 2.16. The maximum Gasteiger partial charge on any atom is 0.0610 e. The molecular weight excluding hydrogens is 186 g/mol. The first-order valence-corrected chi connectivity index (χ1v) is 5.46. The van der Waals surface area contributed by atoms with Crippen LogP contribution in [0.1, 0.15) is 18.1 Å². The molecule has 0 aliphatic carbocycles. The third-order valence-electron chi connectivity index (χ3n) is 2.57. The molecule has 0 aliphatic rings. The van der Waals surface area contributed by atoms with Crippen LogP contribution in [0, 0.1) is 0 Å². The lowest BCUT2D eigenvalue weighted by Crippen LogP contribution is -2.36. The first kappa shape index (κ1) is 12.2. The Balaban J connectivity index is 2.37. The summed E-state index contributed by atoms with van der Waals surface area (Å²) in [6, 6.07) is 8.83. The average Bonchev–Trinajstić information content (AvgIpc) is 2.27. The summed E-state index contributed by atoms with van der Waals surface area (Å²) in [5.74, 6) is 5.24. The summed E-state index contributed by atoms with van der Waals surface area (Å²) in [5, 5.41) is 0. The van der Waals surface area contributed by atoms with Crippen molar-refractivity contribution in [1.29, 1.82) is 0 Å². The maximum atomic E-state index is 5.24. The Bertz CT molecular complexity index is 269. The summed E-state index contributed by atoms with van der Waals surface area (Å²) in [6.45, 7) is 3.93. The summed E-state index contributed by atoms with van der Waals surface area (Å²) >= 11 is 0. The minimum absolute atomic E-state index is 0.729. The number of benzene rings is 1. The van der Waals surface area contributed by atoms with E-state index in [1.807, 2.05) is 0 Å². The second-order valence-corrected chi connectivity index (χ2v) is 3.86. The maximum absolute atomic E-state index is 5.24. The van der Waals surface area contributed by atoms with Crippen molar-refractivity contribution in [1.82, 2.24) is 10.3 Å². The van der Waals surface area contributed by atoms with Gasteiger partial charge in [0, 0.05) is 6.54 Å². The van der Waals surface area contributed by atoms with Gasteiger partial charge in [-0.25, -0.2) is 5.43 Å². The third-order valence-corrected chi connectivity index (χ3v) is 2.57. The number of hydrogen-bond acceptors (Lipinski definition) is 3. The molecular formula is C12H21N3. The Morgan fingerprint density at radius 3 is 2.33 bits per heavy atom. The predicted molar refractivity (Wildman–Crippen MR) is 64.3 cm³/mol. The van der Waals surface area contributed by atoms with Crippen LogP contribution < -0.4 is 11.3 Å². The van der Waals surface area contributed by atoms with Crippen LogP contribution in [0.25, 0.3) is 0 Å². The van der Waals surface area contributed by atoms with E-state index in [9.17, 15) is 0 Å². The van der Waals surface area contributed by atoms with Crippen molar-refractivity contribution in [3.8, 4) is 0 Å². The van der Waals surface area contributed by atoms with Gasteiger partial charge in [0.05, 0.1) is 6.67 Å². The highest BCUT2D eigenvalue weighted by atomic mass is 15.3. The van der Waals surface area contributed by atoms with Crippen LogP contribution in [-0.2, 0) is 12.8 Å². The van der Waals surface area contributed by atoms with Gasteiger partial charge >= 0.3 is 0 Å². The van der Waals surface area contributed by atoms with Gasteiger partial charge in [-0.2, -0.15) is 0 Å². The summed E-state index contributed by atoms with van der Waals surface area (Å²) in [5.41, 5.74) is 5.43. The molecule has 0 saturated carbocycles. The van der Waals surface area contributed by atoms with E-state index in [1.54, 1.807) is 0 Å². The van der Waals surface area contributed by atoms with Crippen LogP contribution in [0.3, 0.4) is 0 Å². The van der Waals surface area contributed by atoms with Gasteiger partial charge in [0.15, 0.2) is 0 Å². The minimum Gasteiger partial charge on any atom is -0.292 e. The molecule has 0 saturated heterocycles. The van der Waals surface area contributed by atoms with Crippen molar-refractivity contribution < 1.29 is 0 Å². The van der Waals surface area contributed by atoms with Crippen molar-refractivity contribution >= 4 is 0 Å². The number of nitrogens with two attached hydrogens (primary N) is 1. The van der Waals surface area contributed by atoms with E-state index in [-0.39, 0.29) is 0 Å². The van der Waals surface area contributed by atoms with Gasteiger partial charge in [-0.3, -0.25) is 10.7 Å². The lowest BCUT2D eigenvalue weighted by atomic mass is 10.1. The van der Waals surface area contributed by atoms with Crippen LogP contribution in [0.15, 0.2) is 24.3 Å². The van der Waals surface area contributed by atoms with Gasteiger partial charge in [-0.15, -0.1) is 0 Å². The lowest BCUT2D eigenvalue weighted by molar-refractivity contribution is 0.313. The Morgan fingerprint density at radius 1 is 1.20 bits per heavy atom. The van der Waals surface area contributed by atoms with E-state index < -0.39 is 0 Å². The van der Waals surface area contributed by atoms with E-state index >= 15 is 0 Å². The largest absolute Gasteiger partial charge is 0.292 e. The first-order chi connectivity index (χ1) is 7.26. The van der Waals surface area contributed by atoms with Crippen molar-refractivity contribution in [3.05, 3.63) is 35.4 Å². The number of likely N-dealkylation sites (N-methyl/N-ethyl adjacent to an activating group) is 1. The van der Waals surface area contributed by atoms with Crippen LogP contribution >= 0.6 is 0 Å². The zero-order valence-electron chi connectivity index (χ0n) is 9.66. The third kappa shape index (κ3) is 4.42. The molecule has 0 fully saturated rings. The lowest BCUT2D eigenvalue weighted by Gasteiger charge is -2.15. The molecule has 84 valence electrons. The fourth-order valence-corrected chi connectivity index (χ4v) is 1.50. The molecule has 0 heterocycles. The fourth-order valence-electron chi connectivity index (χ4n) is 1.50. The summed E-state index contributed by atoms with van der Waals surface area (Å²) in [7, 11) is 2.06. The van der Waals surface area contributed by atoms with Crippen LogP contribution in [0.5, 0.6) is 0 Å². The molecule has 3 N–H and O–H groups in total. The summed E-state index contributed by atoms with van der Waals surface area (Å²) < 4.78 is 0. The highest BCUT2D eigenvalue weighted by Gasteiger charge is 1.98. The molecule has 1 rings (SSSR count). The molecule has 0 aliphatic heterocycles. The van der Waals surface area contributed by atoms with Crippen molar-refractivity contribution in [2.45, 2.75) is 19.8 Å². The Morgan fingerprint density at radius 2 is 1.80 bits per heavy atom. The van der Waals surface area contributed by atoms with Gasteiger partial charge in [-0.05, 0) is 31.0 Å².